The number of aromatic hydroxyl groups is 1. The van der Waals surface area contributed by atoms with E-state index in [0.717, 1.165) is 11.1 Å². The molecule has 1 spiro atoms. The molecule has 0 amide bonds. The zero-order valence-electron chi connectivity index (χ0n) is 19.0. The van der Waals surface area contributed by atoms with Crippen LogP contribution in [0.15, 0.2) is 24.0 Å². The molecular formula is C23H24F3NO9. The van der Waals surface area contributed by atoms with E-state index in [0.29, 0.717) is 19.4 Å². The van der Waals surface area contributed by atoms with Gasteiger partial charge in [-0.05, 0) is 44.1 Å². The van der Waals surface area contributed by atoms with Crippen molar-refractivity contribution in [2.45, 2.75) is 61.1 Å². The molecule has 1 aromatic rings. The van der Waals surface area contributed by atoms with Gasteiger partial charge in [-0.25, -0.2) is 4.79 Å². The number of hydrogen-bond acceptors (Lipinski definition) is 9. The van der Waals surface area contributed by atoms with E-state index < -0.39 is 54.0 Å². The zero-order chi connectivity index (χ0) is 26.6. The Morgan fingerprint density at radius 2 is 2.03 bits per heavy atom. The predicted octanol–water partition coefficient (Wildman–Crippen LogP) is 0.796. The number of carboxylic acid groups (broad SMARTS) is 1. The van der Waals surface area contributed by atoms with Gasteiger partial charge in [-0.15, -0.1) is 0 Å². The number of likely N-dealkylation sites (tertiary alicyclic amines) is 1. The summed E-state index contributed by atoms with van der Waals surface area (Å²) in [6.45, 7) is 0.685. The molecule has 1 saturated heterocycles. The van der Waals surface area contributed by atoms with E-state index in [1.54, 1.807) is 12.1 Å². The quantitative estimate of drug-likeness (QED) is 0.334. The molecule has 2 aliphatic heterocycles. The van der Waals surface area contributed by atoms with Crippen LogP contribution in [-0.2, 0) is 31.0 Å². The van der Waals surface area contributed by atoms with E-state index in [9.17, 15) is 38.1 Å². The molecule has 2 heterocycles. The van der Waals surface area contributed by atoms with E-state index >= 15 is 0 Å². The SMILES string of the molecule is CN1CC[C@]23c4c5ccc(O)c4O[C@H]2C(OC(=O)[C@@H](O)CC(=O)O)=CC[C@@]3(O)[C@H]1C5.O=CC(F)(F)F. The lowest BCUT2D eigenvalue weighted by atomic mass is 9.50. The summed E-state index contributed by atoms with van der Waals surface area (Å²) in [6.07, 6.45) is -6.24. The zero-order valence-corrected chi connectivity index (χ0v) is 19.0. The van der Waals surface area contributed by atoms with Gasteiger partial charge in [0.1, 0.15) is 5.76 Å². The highest BCUT2D eigenvalue weighted by molar-refractivity contribution is 5.81. The molecule has 0 aromatic heterocycles. The Labute approximate surface area is 202 Å². The van der Waals surface area contributed by atoms with Gasteiger partial charge in [0.2, 0.25) is 6.29 Å². The van der Waals surface area contributed by atoms with Gasteiger partial charge in [-0.3, -0.25) is 9.59 Å². The summed E-state index contributed by atoms with van der Waals surface area (Å²) in [7, 11) is 1.97. The van der Waals surface area contributed by atoms with Crippen LogP contribution in [-0.4, -0.2) is 87.2 Å². The van der Waals surface area contributed by atoms with Crippen molar-refractivity contribution in [2.24, 2.45) is 0 Å². The average molecular weight is 515 g/mol. The van der Waals surface area contributed by atoms with Gasteiger partial charge in [0, 0.05) is 18.0 Å². The van der Waals surface area contributed by atoms with E-state index in [1.807, 2.05) is 13.1 Å². The molecule has 4 N–H and O–H groups in total. The van der Waals surface area contributed by atoms with E-state index in [1.165, 1.54) is 0 Å². The third-order valence-electron chi connectivity index (χ3n) is 7.35. The number of phenols is 1. The maximum Gasteiger partial charge on any atom is 0.446 e. The number of benzene rings is 1. The first kappa shape index (κ1) is 25.9. The van der Waals surface area contributed by atoms with Gasteiger partial charge >= 0.3 is 18.1 Å². The summed E-state index contributed by atoms with van der Waals surface area (Å²) in [4.78, 5) is 33.9. The number of alkyl halides is 3. The molecule has 2 aliphatic carbocycles. The van der Waals surface area contributed by atoms with Crippen molar-refractivity contribution in [2.75, 3.05) is 13.6 Å². The van der Waals surface area contributed by atoms with Crippen LogP contribution in [0, 0.1) is 0 Å². The van der Waals surface area contributed by atoms with Gasteiger partial charge in [0.05, 0.1) is 17.4 Å². The smallest absolute Gasteiger partial charge is 0.446 e. The minimum Gasteiger partial charge on any atom is -0.504 e. The van der Waals surface area contributed by atoms with E-state index in [-0.39, 0.29) is 29.7 Å². The van der Waals surface area contributed by atoms with Crippen LogP contribution >= 0.6 is 0 Å². The summed E-state index contributed by atoms with van der Waals surface area (Å²) in [5, 5.41) is 41.0. The fourth-order valence-electron chi connectivity index (χ4n) is 5.87. The average Bonchev–Trinajstić information content (AvgIpc) is 3.15. The van der Waals surface area contributed by atoms with Crippen molar-refractivity contribution >= 4 is 18.2 Å². The Hall–Kier alpha value is -3.16. The van der Waals surface area contributed by atoms with Crippen LogP contribution in [0.4, 0.5) is 13.2 Å². The Kier molecular flexibility index (Phi) is 6.30. The fourth-order valence-corrected chi connectivity index (χ4v) is 5.87. The van der Waals surface area contributed by atoms with Crippen molar-refractivity contribution in [3.8, 4) is 11.5 Å². The number of carboxylic acids is 1. The number of piperidine rings is 1. The highest BCUT2D eigenvalue weighted by Gasteiger charge is 2.72. The number of carbonyl (C=O) groups is 3. The van der Waals surface area contributed by atoms with E-state index in [4.69, 9.17) is 19.4 Å². The van der Waals surface area contributed by atoms with Gasteiger partial charge in [0.25, 0.3) is 0 Å². The number of ether oxygens (including phenoxy) is 2. The molecule has 10 nitrogen and oxygen atoms in total. The second-order valence-electron chi connectivity index (χ2n) is 9.30. The lowest BCUT2D eigenvalue weighted by Gasteiger charge is -2.61. The third kappa shape index (κ3) is 3.91. The second kappa shape index (κ2) is 8.75. The van der Waals surface area contributed by atoms with Crippen LogP contribution in [0.5, 0.6) is 11.5 Å². The number of hydrogen-bond donors (Lipinski definition) is 4. The number of aldehydes is 1. The molecule has 5 atom stereocenters. The monoisotopic (exact) mass is 515 g/mol. The number of rotatable bonds is 4. The fraction of sp³-hybridized carbons (Fsp3) is 0.522. The largest absolute Gasteiger partial charge is 0.504 e. The van der Waals surface area contributed by atoms with Crippen LogP contribution in [0.25, 0.3) is 0 Å². The molecule has 36 heavy (non-hydrogen) atoms. The summed E-state index contributed by atoms with van der Waals surface area (Å²) >= 11 is 0. The Balaban J connectivity index is 0.000000455. The summed E-state index contributed by atoms with van der Waals surface area (Å²) in [6, 6.07) is 3.23. The van der Waals surface area contributed by atoms with Gasteiger partial charge in [-0.1, -0.05) is 6.07 Å². The van der Waals surface area contributed by atoms with Crippen LogP contribution in [0.2, 0.25) is 0 Å². The number of halogens is 3. The minimum absolute atomic E-state index is 0.0474. The predicted molar refractivity (Wildman–Crippen MR) is 113 cm³/mol. The molecule has 0 unspecified atom stereocenters. The number of carbonyl (C=O) groups excluding carboxylic acids is 2. The van der Waals surface area contributed by atoms with Crippen LogP contribution in [0.3, 0.4) is 0 Å². The molecule has 196 valence electrons. The summed E-state index contributed by atoms with van der Waals surface area (Å²) < 4.78 is 42.7. The first-order valence-corrected chi connectivity index (χ1v) is 11.0. The Morgan fingerprint density at radius 1 is 1.36 bits per heavy atom. The van der Waals surface area contributed by atoms with Gasteiger partial charge in [0.15, 0.2) is 23.7 Å². The number of esters is 1. The molecule has 2 bridgehead atoms. The van der Waals surface area contributed by atoms with E-state index in [2.05, 4.69) is 4.90 Å². The maximum atomic E-state index is 12.3. The lowest BCUT2D eigenvalue weighted by molar-refractivity contribution is -0.173. The first-order valence-electron chi connectivity index (χ1n) is 11.0. The maximum absolute atomic E-state index is 12.3. The number of aliphatic hydroxyl groups excluding tert-OH is 1. The summed E-state index contributed by atoms with van der Waals surface area (Å²) in [5.74, 6) is -2.05. The number of aliphatic hydroxyl groups is 2. The van der Waals surface area contributed by atoms with Crippen molar-refractivity contribution in [1.29, 1.82) is 0 Å². The number of aliphatic carboxylic acids is 1. The molecule has 0 saturated carbocycles. The van der Waals surface area contributed by atoms with Crippen molar-refractivity contribution in [3.63, 3.8) is 0 Å². The van der Waals surface area contributed by atoms with Gasteiger partial charge < -0.3 is 34.8 Å². The standard InChI is InChI=1S/C21H23NO8.C2HF3O/c1-22-7-6-20-16-10-2-3-11(23)17(16)30-18(20)13(4-5-21(20,28)14(22)8-10)29-19(27)12(24)9-15(25)26;3-2(4,5)1-6/h2-4,12,14,18,23-24,28H,5-9H2,1H3,(H,25,26);1H/t12-,14+,18-,20-,21+;/m0./s1. The van der Waals surface area contributed by atoms with Crippen LogP contribution < -0.4 is 4.74 Å². The minimum atomic E-state index is -4.64. The highest BCUT2D eigenvalue weighted by atomic mass is 19.4. The topological polar surface area (TPSA) is 154 Å². The van der Waals surface area contributed by atoms with Crippen molar-refractivity contribution < 1.29 is 57.5 Å². The number of phenolic OH excluding ortho intramolecular Hbond substituents is 1. The normalized spacial score (nSPS) is 30.6. The summed E-state index contributed by atoms with van der Waals surface area (Å²) in [5.41, 5.74) is -0.364. The second-order valence-corrected chi connectivity index (χ2v) is 9.30. The first-order chi connectivity index (χ1) is 16.7. The molecule has 13 heteroatoms. The molecule has 0 radical (unpaired) electrons. The Bertz CT molecular complexity index is 1140. The highest BCUT2D eigenvalue weighted by Crippen LogP contribution is 2.65. The lowest BCUT2D eigenvalue weighted by Crippen LogP contribution is -2.74. The number of likely N-dealkylation sites (N-methyl/N-ethyl adjacent to an activating group) is 1. The molecule has 1 aromatic carbocycles. The third-order valence-corrected chi connectivity index (χ3v) is 7.35. The van der Waals surface area contributed by atoms with Crippen molar-refractivity contribution in [3.05, 3.63) is 35.1 Å². The van der Waals surface area contributed by atoms with Gasteiger partial charge in [-0.2, -0.15) is 13.2 Å². The van der Waals surface area contributed by atoms with Crippen molar-refractivity contribution in [1.82, 2.24) is 4.90 Å². The number of nitrogens with zero attached hydrogens (tertiary/aromatic N) is 1. The van der Waals surface area contributed by atoms with Crippen LogP contribution in [0.1, 0.15) is 30.4 Å². The molecule has 1 fully saturated rings. The molecule has 4 aliphatic rings. The molecule has 5 rings (SSSR count). The molecular weight excluding hydrogens is 491 g/mol. The Morgan fingerprint density at radius 3 is 2.64 bits per heavy atom.